The third kappa shape index (κ3) is 1.88. The van der Waals surface area contributed by atoms with E-state index in [1.807, 2.05) is 0 Å². The number of hydrogen-bond acceptors (Lipinski definition) is 4. The first-order valence-corrected chi connectivity index (χ1v) is 4.27. The molecule has 7 nitrogen and oxygen atoms in total. The fraction of sp³-hybridized carbons (Fsp3) is 0. The second kappa shape index (κ2) is 3.95. The predicted octanol–water partition coefficient (Wildman–Crippen LogP) is 2.46. The lowest BCUT2D eigenvalue weighted by atomic mass is 10.2. The van der Waals surface area contributed by atoms with Gasteiger partial charge in [0.1, 0.15) is 0 Å². The van der Waals surface area contributed by atoms with E-state index in [-0.39, 0.29) is 0 Å². The summed E-state index contributed by atoms with van der Waals surface area (Å²) in [6, 6.07) is 4.85. The minimum Gasteiger partial charge on any atom is -0.177 e. The highest BCUT2D eigenvalue weighted by molar-refractivity contribution is 6.31. The first-order chi connectivity index (χ1) is 7.31. The predicted molar refractivity (Wildman–Crippen MR) is 53.4 cm³/mol. The SMILES string of the molecule is [N-]=[N+]=Nc1cc(Cl)ccc1-c1nn[nH]n1. The largest absolute Gasteiger partial charge is 0.205 e. The van der Waals surface area contributed by atoms with Gasteiger partial charge in [-0.1, -0.05) is 16.7 Å². The van der Waals surface area contributed by atoms with Crippen molar-refractivity contribution in [1.29, 1.82) is 0 Å². The van der Waals surface area contributed by atoms with Gasteiger partial charge >= 0.3 is 0 Å². The fourth-order valence-electron chi connectivity index (χ4n) is 1.10. The monoisotopic (exact) mass is 221 g/mol. The van der Waals surface area contributed by atoms with Crippen molar-refractivity contribution < 1.29 is 0 Å². The maximum Gasteiger partial charge on any atom is 0.205 e. The van der Waals surface area contributed by atoms with Crippen molar-refractivity contribution in [3.05, 3.63) is 33.7 Å². The molecule has 15 heavy (non-hydrogen) atoms. The molecule has 0 atom stereocenters. The summed E-state index contributed by atoms with van der Waals surface area (Å²) in [7, 11) is 0. The highest BCUT2D eigenvalue weighted by atomic mass is 35.5. The van der Waals surface area contributed by atoms with Crippen molar-refractivity contribution >= 4 is 17.3 Å². The quantitative estimate of drug-likeness (QED) is 0.478. The molecule has 8 heteroatoms. The van der Waals surface area contributed by atoms with Crippen LogP contribution in [0.15, 0.2) is 23.3 Å². The van der Waals surface area contributed by atoms with E-state index >= 15 is 0 Å². The van der Waals surface area contributed by atoms with Crippen molar-refractivity contribution in [1.82, 2.24) is 20.6 Å². The minimum absolute atomic E-state index is 0.356. The third-order valence-electron chi connectivity index (χ3n) is 1.70. The number of benzene rings is 1. The number of rotatable bonds is 2. The second-order valence-electron chi connectivity index (χ2n) is 2.59. The summed E-state index contributed by atoms with van der Waals surface area (Å²) in [6.45, 7) is 0. The Hall–Kier alpha value is -2.11. The summed E-state index contributed by atoms with van der Waals surface area (Å²) in [4.78, 5) is 2.70. The van der Waals surface area contributed by atoms with E-state index < -0.39 is 0 Å². The van der Waals surface area contributed by atoms with Gasteiger partial charge in [0, 0.05) is 15.5 Å². The molecule has 0 saturated heterocycles. The van der Waals surface area contributed by atoms with Crippen molar-refractivity contribution in [2.45, 2.75) is 0 Å². The number of aromatic nitrogens is 4. The van der Waals surface area contributed by atoms with Crippen LogP contribution in [0.1, 0.15) is 0 Å². The molecule has 0 aliphatic carbocycles. The van der Waals surface area contributed by atoms with Gasteiger partial charge in [-0.3, -0.25) is 0 Å². The number of aromatic amines is 1. The van der Waals surface area contributed by atoms with Gasteiger partial charge in [0.15, 0.2) is 0 Å². The second-order valence-corrected chi connectivity index (χ2v) is 3.02. The molecule has 0 bridgehead atoms. The van der Waals surface area contributed by atoms with Crippen molar-refractivity contribution in [3.8, 4) is 11.4 Å². The van der Waals surface area contributed by atoms with Gasteiger partial charge in [0.25, 0.3) is 0 Å². The Morgan fingerprint density at radius 1 is 1.47 bits per heavy atom. The van der Waals surface area contributed by atoms with Crippen molar-refractivity contribution in [2.24, 2.45) is 5.11 Å². The Bertz CT molecular complexity index is 514. The lowest BCUT2D eigenvalue weighted by molar-refractivity contribution is 0.881. The average molecular weight is 222 g/mol. The first-order valence-electron chi connectivity index (χ1n) is 3.90. The summed E-state index contributed by atoms with van der Waals surface area (Å²) < 4.78 is 0. The van der Waals surface area contributed by atoms with Gasteiger partial charge in [-0.2, -0.15) is 5.21 Å². The van der Waals surface area contributed by atoms with Gasteiger partial charge in [-0.05, 0) is 28.9 Å². The molecule has 2 rings (SSSR count). The molecule has 1 aromatic carbocycles. The molecule has 1 aromatic heterocycles. The molecule has 74 valence electrons. The van der Waals surface area contributed by atoms with Crippen LogP contribution in [0, 0.1) is 0 Å². The van der Waals surface area contributed by atoms with Crippen LogP contribution in [0.4, 0.5) is 5.69 Å². The van der Waals surface area contributed by atoms with E-state index in [1.54, 1.807) is 12.1 Å². The summed E-state index contributed by atoms with van der Waals surface area (Å²) in [5.74, 6) is 0.356. The summed E-state index contributed by atoms with van der Waals surface area (Å²) in [5, 5.41) is 17.3. The molecule has 0 aliphatic heterocycles. The van der Waals surface area contributed by atoms with E-state index in [1.165, 1.54) is 6.07 Å². The van der Waals surface area contributed by atoms with E-state index in [0.717, 1.165) is 0 Å². The number of H-pyrrole nitrogens is 1. The molecule has 0 spiro atoms. The zero-order chi connectivity index (χ0) is 10.7. The van der Waals surface area contributed by atoms with Crippen LogP contribution in [0.25, 0.3) is 21.8 Å². The van der Waals surface area contributed by atoms with E-state index in [9.17, 15) is 0 Å². The van der Waals surface area contributed by atoms with E-state index in [0.29, 0.717) is 22.1 Å². The molecular weight excluding hydrogens is 218 g/mol. The van der Waals surface area contributed by atoms with Gasteiger partial charge < -0.3 is 0 Å². The van der Waals surface area contributed by atoms with Crippen molar-refractivity contribution in [2.75, 3.05) is 0 Å². The average Bonchev–Trinajstić information content (AvgIpc) is 2.71. The molecule has 0 unspecified atom stereocenters. The van der Waals surface area contributed by atoms with E-state index in [4.69, 9.17) is 17.1 Å². The smallest absolute Gasteiger partial charge is 0.177 e. The van der Waals surface area contributed by atoms with Gasteiger partial charge in [-0.25, -0.2) is 0 Å². The number of nitrogens with one attached hydrogen (secondary N) is 1. The number of azide groups is 1. The summed E-state index contributed by atoms with van der Waals surface area (Å²) in [6.07, 6.45) is 0. The van der Waals surface area contributed by atoms with E-state index in [2.05, 4.69) is 30.7 Å². The van der Waals surface area contributed by atoms with Gasteiger partial charge in [-0.15, -0.1) is 10.2 Å². The fourth-order valence-corrected chi connectivity index (χ4v) is 1.27. The Labute approximate surface area is 88.7 Å². The Morgan fingerprint density at radius 2 is 2.33 bits per heavy atom. The van der Waals surface area contributed by atoms with Crippen LogP contribution < -0.4 is 0 Å². The topological polar surface area (TPSA) is 103 Å². The Kier molecular flexibility index (Phi) is 2.49. The molecule has 0 radical (unpaired) electrons. The first kappa shape index (κ1) is 9.45. The van der Waals surface area contributed by atoms with Crippen LogP contribution >= 0.6 is 11.6 Å². The van der Waals surface area contributed by atoms with Crippen molar-refractivity contribution in [3.63, 3.8) is 0 Å². The minimum atomic E-state index is 0.356. The maximum absolute atomic E-state index is 8.38. The number of nitrogens with zero attached hydrogens (tertiary/aromatic N) is 6. The van der Waals surface area contributed by atoms with Crippen LogP contribution in [-0.2, 0) is 0 Å². The van der Waals surface area contributed by atoms with Crippen LogP contribution in [0.3, 0.4) is 0 Å². The van der Waals surface area contributed by atoms with Crippen LogP contribution in [0.5, 0.6) is 0 Å². The molecule has 1 N–H and O–H groups in total. The zero-order valence-electron chi connectivity index (χ0n) is 7.29. The highest BCUT2D eigenvalue weighted by Gasteiger charge is 2.08. The standard InChI is InChI=1S/C7H4ClN7/c8-4-1-2-5(6(3-4)10-13-9)7-11-14-15-12-7/h1-3H,(H,11,12,14,15). The van der Waals surface area contributed by atoms with Gasteiger partial charge in [0.2, 0.25) is 5.82 Å². The summed E-state index contributed by atoms with van der Waals surface area (Å²) in [5.41, 5.74) is 9.33. The number of tetrazole rings is 1. The molecular formula is C7H4ClN7. The third-order valence-corrected chi connectivity index (χ3v) is 1.93. The molecule has 1 heterocycles. The maximum atomic E-state index is 8.38. The van der Waals surface area contributed by atoms with Gasteiger partial charge in [0.05, 0.1) is 5.69 Å². The Balaban J connectivity index is 2.60. The lowest BCUT2D eigenvalue weighted by Crippen LogP contribution is -1.81. The van der Waals surface area contributed by atoms with Crippen LogP contribution in [0.2, 0.25) is 5.02 Å². The van der Waals surface area contributed by atoms with Crippen LogP contribution in [-0.4, -0.2) is 20.6 Å². The molecule has 0 saturated carbocycles. The summed E-state index contributed by atoms with van der Waals surface area (Å²) >= 11 is 5.77. The lowest BCUT2D eigenvalue weighted by Gasteiger charge is -1.99. The Morgan fingerprint density at radius 3 is 3.00 bits per heavy atom. The molecule has 2 aromatic rings. The number of halogens is 1. The number of hydrogen-bond donors (Lipinski definition) is 1. The zero-order valence-corrected chi connectivity index (χ0v) is 8.05. The highest BCUT2D eigenvalue weighted by Crippen LogP contribution is 2.30. The molecule has 0 fully saturated rings. The normalized spacial score (nSPS) is 9.67. The molecule has 0 amide bonds. The molecule has 0 aliphatic rings.